The minimum atomic E-state index is -4.55. The minimum Gasteiger partial charge on any atom is -0.394 e. The van der Waals surface area contributed by atoms with Gasteiger partial charge in [-0.05, 0) is 12.1 Å². The highest BCUT2D eigenvalue weighted by Crippen LogP contribution is 2.40. The number of nitrogens with zero attached hydrogens (tertiary/aromatic N) is 4. The molecule has 0 bridgehead atoms. The Morgan fingerprint density at radius 2 is 1.89 bits per heavy atom. The molecule has 0 saturated carbocycles. The third-order valence-corrected chi connectivity index (χ3v) is 5.49. The third kappa shape index (κ3) is 3.92. The predicted molar refractivity (Wildman–Crippen MR) is 101 cm³/mol. The average Bonchev–Trinajstić information content (AvgIpc) is 3.13. The lowest BCUT2D eigenvalue weighted by molar-refractivity contribution is -0.141. The van der Waals surface area contributed by atoms with E-state index < -0.39 is 11.9 Å². The van der Waals surface area contributed by atoms with Gasteiger partial charge in [-0.2, -0.15) is 18.3 Å². The summed E-state index contributed by atoms with van der Waals surface area (Å²) in [7, 11) is 3.43. The van der Waals surface area contributed by atoms with E-state index in [1.807, 2.05) is 19.9 Å². The zero-order valence-corrected chi connectivity index (χ0v) is 16.4. The quantitative estimate of drug-likeness (QED) is 0.757. The summed E-state index contributed by atoms with van der Waals surface area (Å²) in [5, 5.41) is 8.60. The van der Waals surface area contributed by atoms with Crippen molar-refractivity contribution in [3.8, 4) is 5.69 Å². The summed E-state index contributed by atoms with van der Waals surface area (Å²) in [4.78, 5) is 6.78. The van der Waals surface area contributed by atoms with Crippen molar-refractivity contribution in [3.63, 3.8) is 0 Å². The van der Waals surface area contributed by atoms with Gasteiger partial charge in [0, 0.05) is 25.4 Å². The number of anilines is 1. The third-order valence-electron chi connectivity index (χ3n) is 4.15. The van der Waals surface area contributed by atoms with Crippen molar-refractivity contribution >= 4 is 22.6 Å². The molecule has 1 aromatic carbocycles. The molecular weight excluding hydrogens is 377 g/mol. The SMILES string of the molecule is CN(C)c1c(CSC2=NOCC2(C)C)c(C(F)(F)F)nn1-c1ccccc1. The number of hydrogen-bond acceptors (Lipinski definition) is 5. The lowest BCUT2D eigenvalue weighted by Gasteiger charge is -2.19. The van der Waals surface area contributed by atoms with E-state index in [0.29, 0.717) is 23.2 Å². The van der Waals surface area contributed by atoms with E-state index in [1.54, 1.807) is 43.3 Å². The average molecular weight is 398 g/mol. The first kappa shape index (κ1) is 19.6. The van der Waals surface area contributed by atoms with Crippen LogP contribution < -0.4 is 4.90 Å². The molecule has 0 unspecified atom stereocenters. The lowest BCUT2D eigenvalue weighted by atomic mass is 9.97. The zero-order valence-electron chi connectivity index (χ0n) is 15.5. The van der Waals surface area contributed by atoms with Crippen molar-refractivity contribution in [2.75, 3.05) is 25.6 Å². The van der Waals surface area contributed by atoms with E-state index in [2.05, 4.69) is 10.3 Å². The Bertz CT molecular complexity index is 844. The largest absolute Gasteiger partial charge is 0.435 e. The summed E-state index contributed by atoms with van der Waals surface area (Å²) in [5.74, 6) is 0.499. The van der Waals surface area contributed by atoms with Crippen LogP contribution in [0.1, 0.15) is 25.1 Å². The topological polar surface area (TPSA) is 42.6 Å². The molecule has 0 radical (unpaired) electrons. The van der Waals surface area contributed by atoms with E-state index in [-0.39, 0.29) is 16.7 Å². The van der Waals surface area contributed by atoms with Crippen molar-refractivity contribution in [1.82, 2.24) is 9.78 Å². The molecule has 0 amide bonds. The summed E-state index contributed by atoms with van der Waals surface area (Å²) in [6.07, 6.45) is -4.55. The van der Waals surface area contributed by atoms with Crippen LogP contribution in [0.15, 0.2) is 35.5 Å². The van der Waals surface area contributed by atoms with Crippen LogP contribution in [0.4, 0.5) is 19.0 Å². The molecule has 3 rings (SSSR count). The zero-order chi connectivity index (χ0) is 19.8. The second-order valence-electron chi connectivity index (χ2n) is 7.13. The van der Waals surface area contributed by atoms with Gasteiger partial charge in [0.15, 0.2) is 5.69 Å². The Kier molecular flexibility index (Phi) is 5.16. The highest BCUT2D eigenvalue weighted by atomic mass is 32.2. The molecule has 0 spiro atoms. The number of aromatic nitrogens is 2. The fourth-order valence-electron chi connectivity index (χ4n) is 2.81. The number of alkyl halides is 3. The Morgan fingerprint density at radius 3 is 2.41 bits per heavy atom. The molecule has 0 aliphatic carbocycles. The molecule has 2 aromatic rings. The van der Waals surface area contributed by atoms with Crippen molar-refractivity contribution in [1.29, 1.82) is 0 Å². The van der Waals surface area contributed by atoms with Crippen LogP contribution in [0, 0.1) is 5.41 Å². The van der Waals surface area contributed by atoms with Crippen LogP contribution in [0.3, 0.4) is 0 Å². The molecule has 27 heavy (non-hydrogen) atoms. The van der Waals surface area contributed by atoms with Crippen LogP contribution in [-0.2, 0) is 16.8 Å². The van der Waals surface area contributed by atoms with Crippen LogP contribution in [0.25, 0.3) is 5.69 Å². The van der Waals surface area contributed by atoms with E-state index in [0.717, 1.165) is 0 Å². The fourth-order valence-corrected chi connectivity index (χ4v) is 3.91. The number of para-hydroxylation sites is 1. The molecule has 1 aliphatic heterocycles. The van der Waals surface area contributed by atoms with Crippen molar-refractivity contribution in [2.45, 2.75) is 25.8 Å². The fraction of sp³-hybridized carbons (Fsp3) is 0.444. The summed E-state index contributed by atoms with van der Waals surface area (Å²) < 4.78 is 42.5. The van der Waals surface area contributed by atoms with Gasteiger partial charge in [0.2, 0.25) is 0 Å². The van der Waals surface area contributed by atoms with Crippen LogP contribution in [0.2, 0.25) is 0 Å². The minimum absolute atomic E-state index is 0.0980. The Labute approximate surface area is 160 Å². The first-order valence-corrected chi connectivity index (χ1v) is 9.35. The van der Waals surface area contributed by atoms with E-state index >= 15 is 0 Å². The van der Waals surface area contributed by atoms with E-state index in [4.69, 9.17) is 4.84 Å². The molecule has 0 N–H and O–H groups in total. The smallest absolute Gasteiger partial charge is 0.394 e. The molecular formula is C18H21F3N4OS. The molecule has 5 nitrogen and oxygen atoms in total. The number of oxime groups is 1. The van der Waals surface area contributed by atoms with E-state index in [1.165, 1.54) is 16.4 Å². The number of hydrogen-bond donors (Lipinski definition) is 0. The second-order valence-corrected chi connectivity index (χ2v) is 8.10. The first-order chi connectivity index (χ1) is 12.6. The molecule has 146 valence electrons. The molecule has 1 aliphatic rings. The first-order valence-electron chi connectivity index (χ1n) is 8.36. The number of rotatable bonds is 4. The Morgan fingerprint density at radius 1 is 1.22 bits per heavy atom. The van der Waals surface area contributed by atoms with Gasteiger partial charge in [-0.1, -0.05) is 37.2 Å². The molecule has 1 aromatic heterocycles. The summed E-state index contributed by atoms with van der Waals surface area (Å²) in [6.45, 7) is 4.33. The van der Waals surface area contributed by atoms with Gasteiger partial charge in [-0.3, -0.25) is 0 Å². The predicted octanol–water partition coefficient (Wildman–Crippen LogP) is 4.56. The van der Waals surface area contributed by atoms with E-state index in [9.17, 15) is 13.2 Å². The highest BCUT2D eigenvalue weighted by molar-refractivity contribution is 8.13. The van der Waals surface area contributed by atoms with Gasteiger partial charge < -0.3 is 9.74 Å². The summed E-state index contributed by atoms with van der Waals surface area (Å²) in [5.41, 5.74) is -0.479. The molecule has 0 saturated heterocycles. The van der Waals surface area contributed by atoms with Gasteiger partial charge in [0.25, 0.3) is 0 Å². The monoisotopic (exact) mass is 398 g/mol. The Hall–Kier alpha value is -2.16. The maximum Gasteiger partial charge on any atom is 0.435 e. The van der Waals surface area contributed by atoms with Crippen molar-refractivity contribution in [2.24, 2.45) is 10.6 Å². The van der Waals surface area contributed by atoms with Gasteiger partial charge in [0.1, 0.15) is 17.5 Å². The van der Waals surface area contributed by atoms with Crippen molar-refractivity contribution in [3.05, 3.63) is 41.6 Å². The number of benzene rings is 1. The van der Waals surface area contributed by atoms with Gasteiger partial charge in [-0.15, -0.1) is 11.8 Å². The maximum atomic E-state index is 13.7. The number of thioether (sulfide) groups is 1. The van der Waals surface area contributed by atoms with Crippen LogP contribution in [0.5, 0.6) is 0 Å². The molecule has 0 atom stereocenters. The Balaban J connectivity index is 2.06. The standard InChI is InChI=1S/C18H21F3N4OS/c1-17(2)11-26-23-16(17)27-10-13-14(18(19,20)21)22-25(15(13)24(3)4)12-8-6-5-7-9-12/h5-9H,10-11H2,1-4H3. The molecule has 0 fully saturated rings. The second kappa shape index (κ2) is 7.10. The van der Waals surface area contributed by atoms with Gasteiger partial charge in [-0.25, -0.2) is 4.68 Å². The number of halogens is 3. The summed E-state index contributed by atoms with van der Waals surface area (Å²) >= 11 is 1.26. The van der Waals surface area contributed by atoms with Crippen LogP contribution in [-0.4, -0.2) is 35.5 Å². The molecule has 9 heteroatoms. The summed E-state index contributed by atoms with van der Waals surface area (Å²) in [6, 6.07) is 8.81. The van der Waals surface area contributed by atoms with Crippen molar-refractivity contribution < 1.29 is 18.0 Å². The maximum absolute atomic E-state index is 13.7. The highest BCUT2D eigenvalue weighted by Gasteiger charge is 2.41. The lowest BCUT2D eigenvalue weighted by Crippen LogP contribution is -2.21. The van der Waals surface area contributed by atoms with Gasteiger partial charge in [0.05, 0.1) is 11.1 Å². The van der Waals surface area contributed by atoms with Gasteiger partial charge >= 0.3 is 6.18 Å². The molecule has 2 heterocycles. The normalized spacial score (nSPS) is 16.2. The van der Waals surface area contributed by atoms with Crippen LogP contribution >= 0.6 is 11.8 Å².